The van der Waals surface area contributed by atoms with Gasteiger partial charge in [0.1, 0.15) is 17.6 Å². The highest BCUT2D eigenvalue weighted by Gasteiger charge is 2.32. The molecule has 3 aromatic rings. The van der Waals surface area contributed by atoms with Gasteiger partial charge in [0.05, 0.1) is 12.0 Å². The van der Waals surface area contributed by atoms with Crippen molar-refractivity contribution in [2.24, 2.45) is 4.99 Å². The van der Waals surface area contributed by atoms with Gasteiger partial charge in [0.2, 0.25) is 6.10 Å². The second-order valence-corrected chi connectivity index (χ2v) is 9.35. The molecule has 0 fully saturated rings. The Labute approximate surface area is 202 Å². The van der Waals surface area contributed by atoms with Crippen LogP contribution in [0, 0.1) is 0 Å². The summed E-state index contributed by atoms with van der Waals surface area (Å²) < 4.78 is 37.7. The number of amides is 1. The van der Waals surface area contributed by atoms with Gasteiger partial charge in [-0.05, 0) is 43.3 Å². The normalized spacial score (nSPS) is 16.5. The Bertz CT molecular complexity index is 1370. The molecule has 1 aliphatic heterocycles. The number of esters is 1. The van der Waals surface area contributed by atoms with E-state index >= 15 is 0 Å². The van der Waals surface area contributed by atoms with Crippen LogP contribution in [0.15, 0.2) is 88.8 Å². The zero-order valence-electron chi connectivity index (χ0n) is 19.0. The highest BCUT2D eigenvalue weighted by atomic mass is 32.2. The second kappa shape index (κ2) is 9.98. The molecule has 4 rings (SSSR count). The Morgan fingerprint density at radius 2 is 1.60 bits per heavy atom. The molecular weight excluding hydrogens is 470 g/mol. The van der Waals surface area contributed by atoms with Crippen molar-refractivity contribution in [3.63, 3.8) is 0 Å². The molecule has 0 aromatic heterocycles. The number of fused-ring (bicyclic) bond motifs is 1. The lowest BCUT2D eigenvalue weighted by molar-refractivity contribution is -0.155. The molecule has 3 aromatic carbocycles. The highest BCUT2D eigenvalue weighted by molar-refractivity contribution is 7.90. The standard InChI is InChI=1S/C25H23N3O6S/c1-16(26-23-20-10-6-7-11-21(20)35(31,32)28-23)25(30)34-22(17-8-4-3-5-9-17)24(29)27-18-12-14-19(33-2)15-13-18/h3-16,22H,1-2H3,(H,26,28)(H,27,29)/t16-,22?/m0/s1. The molecule has 0 aliphatic carbocycles. The minimum Gasteiger partial charge on any atom is -0.497 e. The van der Waals surface area contributed by atoms with Crippen LogP contribution in [0.4, 0.5) is 5.69 Å². The Morgan fingerprint density at radius 3 is 2.29 bits per heavy atom. The van der Waals surface area contributed by atoms with Crippen molar-refractivity contribution < 1.29 is 27.5 Å². The van der Waals surface area contributed by atoms with Crippen molar-refractivity contribution in [2.45, 2.75) is 24.0 Å². The Kier molecular flexibility index (Phi) is 6.83. The summed E-state index contributed by atoms with van der Waals surface area (Å²) in [5.41, 5.74) is 1.33. The van der Waals surface area contributed by atoms with Crippen LogP contribution in [0.2, 0.25) is 0 Å². The maximum Gasteiger partial charge on any atom is 0.331 e. The van der Waals surface area contributed by atoms with Crippen molar-refractivity contribution in [3.05, 3.63) is 90.0 Å². The van der Waals surface area contributed by atoms with Gasteiger partial charge in [-0.25, -0.2) is 13.2 Å². The fourth-order valence-corrected chi connectivity index (χ4v) is 4.71. The summed E-state index contributed by atoms with van der Waals surface area (Å²) in [6.45, 7) is 1.47. The molecule has 1 unspecified atom stereocenters. The molecule has 0 saturated carbocycles. The fourth-order valence-electron chi connectivity index (χ4n) is 3.47. The number of nitrogens with one attached hydrogen (secondary N) is 2. The van der Waals surface area contributed by atoms with Gasteiger partial charge in [0, 0.05) is 16.8 Å². The lowest BCUT2D eigenvalue weighted by Crippen LogP contribution is -2.31. The third kappa shape index (κ3) is 5.33. The van der Waals surface area contributed by atoms with Crippen LogP contribution >= 0.6 is 0 Å². The molecule has 1 amide bonds. The number of carbonyl (C=O) groups is 2. The number of methoxy groups -OCH3 is 1. The first-order chi connectivity index (χ1) is 16.8. The molecule has 10 heteroatoms. The minimum absolute atomic E-state index is 0.0454. The summed E-state index contributed by atoms with van der Waals surface area (Å²) >= 11 is 0. The van der Waals surface area contributed by atoms with Gasteiger partial charge in [-0.2, -0.15) is 0 Å². The molecule has 35 heavy (non-hydrogen) atoms. The fraction of sp³-hybridized carbons (Fsp3) is 0.160. The number of aliphatic imine (C=N–C) groups is 1. The van der Waals surface area contributed by atoms with Crippen LogP contribution in [0.5, 0.6) is 5.75 Å². The zero-order valence-corrected chi connectivity index (χ0v) is 19.8. The first-order valence-electron chi connectivity index (χ1n) is 10.7. The Hall–Kier alpha value is -4.18. The number of benzene rings is 3. The predicted octanol–water partition coefficient (Wildman–Crippen LogP) is 3.05. The summed E-state index contributed by atoms with van der Waals surface area (Å²) in [4.78, 5) is 30.3. The van der Waals surface area contributed by atoms with Crippen molar-refractivity contribution in [3.8, 4) is 5.75 Å². The van der Waals surface area contributed by atoms with E-state index in [0.29, 0.717) is 22.6 Å². The zero-order chi connectivity index (χ0) is 25.0. The van der Waals surface area contributed by atoms with Gasteiger partial charge in [-0.15, -0.1) is 0 Å². The number of anilines is 1. The van der Waals surface area contributed by atoms with Crippen molar-refractivity contribution >= 4 is 33.4 Å². The molecule has 0 spiro atoms. The van der Waals surface area contributed by atoms with E-state index in [2.05, 4.69) is 15.0 Å². The van der Waals surface area contributed by atoms with Crippen LogP contribution in [-0.2, 0) is 24.3 Å². The molecule has 0 saturated heterocycles. The van der Waals surface area contributed by atoms with Crippen LogP contribution in [-0.4, -0.2) is 39.3 Å². The SMILES string of the molecule is COc1ccc(NC(=O)C(OC(=O)[C@H](C)N=C2NS(=O)(=O)c3ccccc32)c2ccccc2)cc1. The molecule has 2 N–H and O–H groups in total. The number of amidine groups is 1. The summed E-state index contributed by atoms with van der Waals surface area (Å²) in [5.74, 6) is -0.670. The van der Waals surface area contributed by atoms with Crippen LogP contribution in [0.3, 0.4) is 0 Å². The predicted molar refractivity (Wildman–Crippen MR) is 130 cm³/mol. The molecule has 0 radical (unpaired) electrons. The number of nitrogens with zero attached hydrogens (tertiary/aromatic N) is 1. The Morgan fingerprint density at radius 1 is 0.943 bits per heavy atom. The number of carbonyl (C=O) groups excluding carboxylic acids is 2. The van der Waals surface area contributed by atoms with Gasteiger partial charge in [0.25, 0.3) is 15.9 Å². The summed E-state index contributed by atoms with van der Waals surface area (Å²) in [5, 5.41) is 2.73. The number of sulfonamides is 1. The van der Waals surface area contributed by atoms with E-state index in [1.54, 1.807) is 72.8 Å². The number of rotatable bonds is 7. The largest absolute Gasteiger partial charge is 0.497 e. The molecule has 2 atom stereocenters. The lowest BCUT2D eigenvalue weighted by atomic mass is 10.1. The van der Waals surface area contributed by atoms with E-state index in [1.807, 2.05) is 0 Å². The quantitative estimate of drug-likeness (QED) is 0.488. The molecular formula is C25H23N3O6S. The average molecular weight is 494 g/mol. The third-order valence-corrected chi connectivity index (χ3v) is 6.66. The summed E-state index contributed by atoms with van der Waals surface area (Å²) in [6.07, 6.45) is -1.25. The smallest absolute Gasteiger partial charge is 0.331 e. The monoisotopic (exact) mass is 493 g/mol. The van der Waals surface area contributed by atoms with Crippen LogP contribution < -0.4 is 14.8 Å². The van der Waals surface area contributed by atoms with Crippen LogP contribution in [0.25, 0.3) is 0 Å². The van der Waals surface area contributed by atoms with E-state index in [4.69, 9.17) is 9.47 Å². The third-order valence-electron chi connectivity index (χ3n) is 5.26. The topological polar surface area (TPSA) is 123 Å². The van der Waals surface area contributed by atoms with Gasteiger partial charge < -0.3 is 14.8 Å². The molecule has 9 nitrogen and oxygen atoms in total. The lowest BCUT2D eigenvalue weighted by Gasteiger charge is -2.19. The average Bonchev–Trinajstić information content (AvgIpc) is 3.13. The Balaban J connectivity index is 1.54. The van der Waals surface area contributed by atoms with Gasteiger partial charge in [0.15, 0.2) is 0 Å². The number of hydrogen-bond donors (Lipinski definition) is 2. The van der Waals surface area contributed by atoms with E-state index in [0.717, 1.165) is 0 Å². The van der Waals surface area contributed by atoms with Crippen molar-refractivity contribution in [1.29, 1.82) is 0 Å². The molecule has 0 bridgehead atoms. The maximum atomic E-state index is 13.1. The van der Waals surface area contributed by atoms with E-state index in [1.165, 1.54) is 20.1 Å². The first kappa shape index (κ1) is 24.0. The van der Waals surface area contributed by atoms with E-state index < -0.39 is 34.0 Å². The number of hydrogen-bond acceptors (Lipinski definition) is 7. The maximum absolute atomic E-state index is 13.1. The van der Waals surface area contributed by atoms with Gasteiger partial charge in [-0.3, -0.25) is 14.5 Å². The van der Waals surface area contributed by atoms with Crippen LogP contribution in [0.1, 0.15) is 24.2 Å². The molecule has 1 aliphatic rings. The van der Waals surface area contributed by atoms with Gasteiger partial charge in [-0.1, -0.05) is 42.5 Å². The molecule has 180 valence electrons. The van der Waals surface area contributed by atoms with E-state index in [-0.39, 0.29) is 10.7 Å². The second-order valence-electron chi connectivity index (χ2n) is 7.70. The highest BCUT2D eigenvalue weighted by Crippen LogP contribution is 2.25. The van der Waals surface area contributed by atoms with Gasteiger partial charge >= 0.3 is 5.97 Å². The summed E-state index contributed by atoms with van der Waals surface area (Å²) in [7, 11) is -2.21. The molecule has 1 heterocycles. The first-order valence-corrected chi connectivity index (χ1v) is 12.2. The minimum atomic E-state index is -3.75. The summed E-state index contributed by atoms with van der Waals surface area (Å²) in [6, 6.07) is 20.5. The van der Waals surface area contributed by atoms with Crippen molar-refractivity contribution in [1.82, 2.24) is 4.72 Å². The van der Waals surface area contributed by atoms with Crippen molar-refractivity contribution in [2.75, 3.05) is 12.4 Å². The van der Waals surface area contributed by atoms with E-state index in [9.17, 15) is 18.0 Å². The number of ether oxygens (including phenoxy) is 2.